The van der Waals surface area contributed by atoms with Gasteiger partial charge < -0.3 is 0 Å². The zero-order chi connectivity index (χ0) is 16.2. The Hall–Kier alpha value is -1.72. The number of hydrogen-bond acceptors (Lipinski definition) is 4. The fraction of sp³-hybridized carbons (Fsp3) is 0.222. The summed E-state index contributed by atoms with van der Waals surface area (Å²) < 4.78 is 1.89. The van der Waals surface area contributed by atoms with Crippen molar-refractivity contribution in [3.8, 4) is 11.1 Å². The van der Waals surface area contributed by atoms with Gasteiger partial charge in [0.05, 0.1) is 0 Å². The van der Waals surface area contributed by atoms with Gasteiger partial charge in [0.25, 0.3) is 0 Å². The van der Waals surface area contributed by atoms with Crippen LogP contribution in [0.15, 0.2) is 58.6 Å². The molecule has 3 aromatic rings. The molecule has 0 amide bonds. The van der Waals surface area contributed by atoms with Crippen molar-refractivity contribution in [3.63, 3.8) is 0 Å². The van der Waals surface area contributed by atoms with E-state index in [1.165, 1.54) is 16.7 Å². The second-order valence-electron chi connectivity index (χ2n) is 5.35. The monoisotopic (exact) mass is 341 g/mol. The molecular formula is C18H19N3S2. The summed E-state index contributed by atoms with van der Waals surface area (Å²) in [5.41, 5.74) is 3.59. The summed E-state index contributed by atoms with van der Waals surface area (Å²) in [7, 11) is 0. The minimum atomic E-state index is 0.775. The van der Waals surface area contributed by atoms with Crippen LogP contribution >= 0.6 is 25.3 Å². The Kier molecular flexibility index (Phi) is 5.08. The summed E-state index contributed by atoms with van der Waals surface area (Å²) in [5.74, 6) is 0.877. The van der Waals surface area contributed by atoms with Crippen LogP contribution in [0.4, 0.5) is 0 Å². The third kappa shape index (κ3) is 3.62. The van der Waals surface area contributed by atoms with Crippen molar-refractivity contribution in [3.05, 3.63) is 60.2 Å². The smallest absolute Gasteiger partial charge is 0.150 e. The molecule has 2 aromatic carbocycles. The Morgan fingerprint density at radius 1 is 1.04 bits per heavy atom. The third-order valence-corrected chi connectivity index (χ3v) is 4.90. The van der Waals surface area contributed by atoms with Crippen molar-refractivity contribution < 1.29 is 0 Å². The first-order valence-electron chi connectivity index (χ1n) is 7.66. The van der Waals surface area contributed by atoms with Crippen LogP contribution in [0.2, 0.25) is 0 Å². The molecule has 0 aliphatic heterocycles. The minimum Gasteiger partial charge on any atom is -0.252 e. The van der Waals surface area contributed by atoms with Gasteiger partial charge >= 0.3 is 0 Å². The molecule has 118 valence electrons. The van der Waals surface area contributed by atoms with Crippen molar-refractivity contribution in [2.24, 2.45) is 0 Å². The molecule has 23 heavy (non-hydrogen) atoms. The molecule has 0 N–H and O–H groups in total. The Morgan fingerprint density at radius 2 is 1.83 bits per heavy atom. The van der Waals surface area contributed by atoms with E-state index in [0.29, 0.717) is 0 Å². The van der Waals surface area contributed by atoms with Gasteiger partial charge in [0.1, 0.15) is 12.2 Å². The lowest BCUT2D eigenvalue weighted by Gasteiger charge is -2.14. The molecule has 3 rings (SSSR count). The molecule has 0 fully saturated rings. The molecule has 1 aromatic heterocycles. The summed E-state index contributed by atoms with van der Waals surface area (Å²) in [4.78, 5) is 6.12. The lowest BCUT2D eigenvalue weighted by Crippen LogP contribution is -2.05. The van der Waals surface area contributed by atoms with Gasteiger partial charge in [-0.05, 0) is 29.2 Å². The van der Waals surface area contributed by atoms with Crippen LogP contribution in [0.25, 0.3) is 11.1 Å². The lowest BCUT2D eigenvalue weighted by molar-refractivity contribution is 0.602. The van der Waals surface area contributed by atoms with Gasteiger partial charge in [0.2, 0.25) is 0 Å². The number of nitrogens with zero attached hydrogens (tertiary/aromatic N) is 3. The highest BCUT2D eigenvalue weighted by Crippen LogP contribution is 2.33. The van der Waals surface area contributed by atoms with E-state index in [9.17, 15) is 0 Å². The molecule has 0 bridgehead atoms. The number of thiol groups is 2. The summed E-state index contributed by atoms with van der Waals surface area (Å²) in [6.45, 7) is 2.83. The van der Waals surface area contributed by atoms with E-state index in [0.717, 1.165) is 35.0 Å². The molecule has 0 unspecified atom stereocenters. The maximum Gasteiger partial charge on any atom is 0.150 e. The first-order valence-corrected chi connectivity index (χ1v) is 8.56. The predicted octanol–water partition coefficient (Wildman–Crippen LogP) is 4.33. The summed E-state index contributed by atoms with van der Waals surface area (Å²) >= 11 is 9.20. The molecule has 0 saturated heterocycles. The Bertz CT molecular complexity index is 797. The van der Waals surface area contributed by atoms with E-state index >= 15 is 0 Å². The van der Waals surface area contributed by atoms with Crippen LogP contribution in [0.3, 0.4) is 0 Å². The normalized spacial score (nSPS) is 10.9. The zero-order valence-corrected chi connectivity index (χ0v) is 14.8. The molecule has 0 saturated carbocycles. The van der Waals surface area contributed by atoms with Gasteiger partial charge in [-0.3, -0.25) is 4.68 Å². The summed E-state index contributed by atoms with van der Waals surface area (Å²) in [5, 5.41) is 4.46. The fourth-order valence-corrected chi connectivity index (χ4v) is 3.11. The zero-order valence-electron chi connectivity index (χ0n) is 13.0. The molecule has 0 radical (unpaired) electrons. The average molecular weight is 342 g/mol. The number of benzene rings is 2. The van der Waals surface area contributed by atoms with Gasteiger partial charge in [-0.15, -0.1) is 25.3 Å². The second-order valence-corrected chi connectivity index (χ2v) is 6.28. The van der Waals surface area contributed by atoms with Gasteiger partial charge in [-0.25, -0.2) is 4.98 Å². The lowest BCUT2D eigenvalue weighted by atomic mass is 9.97. The van der Waals surface area contributed by atoms with Gasteiger partial charge in [0, 0.05) is 22.8 Å². The number of hydrogen-bond donors (Lipinski definition) is 2. The maximum absolute atomic E-state index is 4.68. The van der Waals surface area contributed by atoms with Crippen LogP contribution in [0.1, 0.15) is 18.3 Å². The van der Waals surface area contributed by atoms with E-state index < -0.39 is 0 Å². The van der Waals surface area contributed by atoms with Crippen LogP contribution in [0.5, 0.6) is 0 Å². The van der Waals surface area contributed by atoms with E-state index in [-0.39, 0.29) is 0 Å². The number of aryl methyl sites for hydroxylation is 2. The molecule has 0 atom stereocenters. The van der Waals surface area contributed by atoms with E-state index in [1.807, 2.05) is 16.8 Å². The minimum absolute atomic E-state index is 0.775. The van der Waals surface area contributed by atoms with Crippen molar-refractivity contribution in [2.45, 2.75) is 36.1 Å². The molecule has 3 nitrogen and oxygen atoms in total. The van der Waals surface area contributed by atoms with E-state index in [1.54, 1.807) is 6.33 Å². The quantitative estimate of drug-likeness (QED) is 0.677. The predicted molar refractivity (Wildman–Crippen MR) is 99.5 cm³/mol. The Labute approximate surface area is 147 Å². The largest absolute Gasteiger partial charge is 0.252 e. The standard InChI is InChI=1S/C18H19N3S2/c1-2-17-19-12-21(20-17)11-10-15-14(8-9-16(22)18(15)23)13-6-4-3-5-7-13/h3-9,12,22-23H,2,10-11H2,1H3. The molecule has 0 aliphatic carbocycles. The third-order valence-electron chi connectivity index (χ3n) is 3.84. The Balaban J connectivity index is 1.92. The highest BCUT2D eigenvalue weighted by molar-refractivity contribution is 7.83. The van der Waals surface area contributed by atoms with Crippen LogP contribution in [-0.4, -0.2) is 14.8 Å². The second kappa shape index (κ2) is 7.23. The molecule has 0 aliphatic rings. The summed E-state index contributed by atoms with van der Waals surface area (Å²) in [6.07, 6.45) is 3.49. The van der Waals surface area contributed by atoms with Crippen molar-refractivity contribution >= 4 is 25.3 Å². The average Bonchev–Trinajstić information content (AvgIpc) is 3.05. The highest BCUT2D eigenvalue weighted by Gasteiger charge is 2.11. The Morgan fingerprint density at radius 3 is 2.52 bits per heavy atom. The van der Waals surface area contributed by atoms with Gasteiger partial charge in [-0.2, -0.15) is 5.10 Å². The fourth-order valence-electron chi connectivity index (χ4n) is 2.59. The molecule has 5 heteroatoms. The van der Waals surface area contributed by atoms with Crippen molar-refractivity contribution in [1.29, 1.82) is 0 Å². The van der Waals surface area contributed by atoms with Crippen LogP contribution < -0.4 is 0 Å². The SMILES string of the molecule is CCc1ncn(CCc2c(-c3ccccc3)ccc(S)c2S)n1. The van der Waals surface area contributed by atoms with Crippen LogP contribution in [0, 0.1) is 0 Å². The molecule has 1 heterocycles. The van der Waals surface area contributed by atoms with Gasteiger partial charge in [-0.1, -0.05) is 43.3 Å². The number of rotatable bonds is 5. The van der Waals surface area contributed by atoms with Crippen molar-refractivity contribution in [1.82, 2.24) is 14.8 Å². The topological polar surface area (TPSA) is 30.7 Å². The maximum atomic E-state index is 4.68. The first kappa shape index (κ1) is 16.1. The summed E-state index contributed by atoms with van der Waals surface area (Å²) in [6, 6.07) is 14.5. The number of aromatic nitrogens is 3. The molecular weight excluding hydrogens is 322 g/mol. The molecule has 0 spiro atoms. The van der Waals surface area contributed by atoms with Gasteiger partial charge in [0.15, 0.2) is 0 Å². The van der Waals surface area contributed by atoms with E-state index in [4.69, 9.17) is 0 Å². The van der Waals surface area contributed by atoms with E-state index in [2.05, 4.69) is 72.6 Å². The van der Waals surface area contributed by atoms with Crippen LogP contribution in [-0.2, 0) is 19.4 Å². The first-order chi connectivity index (χ1) is 11.2. The van der Waals surface area contributed by atoms with Crippen molar-refractivity contribution in [2.75, 3.05) is 0 Å². The highest BCUT2D eigenvalue weighted by atomic mass is 32.1.